The monoisotopic (exact) mass is 322 g/mol. The molecule has 24 heavy (non-hydrogen) atoms. The number of rotatable bonds is 5. The molecular formula is C20H22N2O2. The van der Waals surface area contributed by atoms with Gasteiger partial charge in [-0.3, -0.25) is 9.59 Å². The van der Waals surface area contributed by atoms with Crippen molar-refractivity contribution >= 4 is 17.5 Å². The van der Waals surface area contributed by atoms with Crippen molar-refractivity contribution in [2.45, 2.75) is 32.2 Å². The van der Waals surface area contributed by atoms with Crippen LogP contribution in [0.5, 0.6) is 0 Å². The fourth-order valence-electron chi connectivity index (χ4n) is 3.01. The van der Waals surface area contributed by atoms with Crippen molar-refractivity contribution in [2.75, 3.05) is 11.9 Å². The van der Waals surface area contributed by atoms with Gasteiger partial charge in [0, 0.05) is 32.1 Å². The van der Waals surface area contributed by atoms with Crippen LogP contribution in [-0.2, 0) is 29.0 Å². The van der Waals surface area contributed by atoms with Gasteiger partial charge in [0.05, 0.1) is 0 Å². The number of fused-ring (bicyclic) bond motifs is 1. The second kappa shape index (κ2) is 7.30. The van der Waals surface area contributed by atoms with Crippen LogP contribution in [0.4, 0.5) is 5.69 Å². The van der Waals surface area contributed by atoms with Gasteiger partial charge in [0.15, 0.2) is 0 Å². The van der Waals surface area contributed by atoms with Crippen molar-refractivity contribution in [3.8, 4) is 0 Å². The highest BCUT2D eigenvalue weighted by Crippen LogP contribution is 2.27. The lowest BCUT2D eigenvalue weighted by atomic mass is 9.99. The van der Waals surface area contributed by atoms with Crippen LogP contribution in [0.3, 0.4) is 0 Å². The molecule has 2 amide bonds. The summed E-state index contributed by atoms with van der Waals surface area (Å²) in [6.07, 6.45) is 2.57. The molecule has 4 nitrogen and oxygen atoms in total. The van der Waals surface area contributed by atoms with E-state index in [0.717, 1.165) is 24.1 Å². The number of hydrogen-bond donors (Lipinski definition) is 1. The van der Waals surface area contributed by atoms with Crippen LogP contribution in [0.15, 0.2) is 48.5 Å². The van der Waals surface area contributed by atoms with Gasteiger partial charge in [-0.25, -0.2) is 0 Å². The minimum Gasteiger partial charge on any atom is -0.352 e. The van der Waals surface area contributed by atoms with Crippen LogP contribution in [0.25, 0.3) is 0 Å². The maximum atomic E-state index is 12.0. The molecule has 124 valence electrons. The van der Waals surface area contributed by atoms with Crippen LogP contribution in [-0.4, -0.2) is 18.9 Å². The van der Waals surface area contributed by atoms with Crippen LogP contribution >= 0.6 is 0 Å². The van der Waals surface area contributed by atoms with Gasteiger partial charge in [-0.15, -0.1) is 0 Å². The molecule has 1 aliphatic rings. The smallest absolute Gasteiger partial charge is 0.227 e. The summed E-state index contributed by atoms with van der Waals surface area (Å²) in [6, 6.07) is 16.1. The molecule has 3 rings (SSSR count). The number of benzene rings is 2. The maximum Gasteiger partial charge on any atom is 0.227 e. The van der Waals surface area contributed by atoms with Gasteiger partial charge in [-0.05, 0) is 35.6 Å². The molecule has 0 fully saturated rings. The molecule has 1 aliphatic heterocycles. The normalized spacial score (nSPS) is 13.5. The summed E-state index contributed by atoms with van der Waals surface area (Å²) in [5, 5.41) is 2.98. The van der Waals surface area contributed by atoms with E-state index < -0.39 is 0 Å². The Hall–Kier alpha value is -2.62. The third-order valence-corrected chi connectivity index (χ3v) is 4.46. The molecule has 2 aromatic carbocycles. The summed E-state index contributed by atoms with van der Waals surface area (Å²) in [5.74, 6) is 0.216. The largest absolute Gasteiger partial charge is 0.352 e. The van der Waals surface area contributed by atoms with Crippen molar-refractivity contribution in [1.82, 2.24) is 5.32 Å². The predicted octanol–water partition coefficient (Wildman–Crippen LogP) is 2.84. The second-order valence-corrected chi connectivity index (χ2v) is 6.18. The van der Waals surface area contributed by atoms with Crippen LogP contribution < -0.4 is 10.2 Å². The molecule has 0 bridgehead atoms. The fourth-order valence-corrected chi connectivity index (χ4v) is 3.01. The van der Waals surface area contributed by atoms with Gasteiger partial charge < -0.3 is 10.2 Å². The first kappa shape index (κ1) is 16.2. The highest BCUT2D eigenvalue weighted by molar-refractivity contribution is 5.95. The van der Waals surface area contributed by atoms with Crippen molar-refractivity contribution in [2.24, 2.45) is 0 Å². The molecule has 1 N–H and O–H groups in total. The third kappa shape index (κ3) is 3.82. The number of anilines is 1. The average Bonchev–Trinajstić information content (AvgIpc) is 2.62. The van der Waals surface area contributed by atoms with Crippen LogP contribution in [0.1, 0.15) is 29.5 Å². The van der Waals surface area contributed by atoms with Gasteiger partial charge in [0.1, 0.15) is 0 Å². The Balaban J connectivity index is 1.53. The molecule has 4 heteroatoms. The number of hydrogen-bond acceptors (Lipinski definition) is 2. The summed E-state index contributed by atoms with van der Waals surface area (Å²) in [5.41, 5.74) is 4.40. The van der Waals surface area contributed by atoms with E-state index in [1.165, 1.54) is 11.1 Å². The zero-order valence-corrected chi connectivity index (χ0v) is 13.9. The van der Waals surface area contributed by atoms with Crippen LogP contribution in [0.2, 0.25) is 0 Å². The van der Waals surface area contributed by atoms with Crippen molar-refractivity contribution in [1.29, 1.82) is 0 Å². The molecule has 2 aromatic rings. The lowest BCUT2D eigenvalue weighted by Crippen LogP contribution is -2.31. The Kier molecular flexibility index (Phi) is 4.94. The van der Waals surface area contributed by atoms with Gasteiger partial charge >= 0.3 is 0 Å². The summed E-state index contributed by atoms with van der Waals surface area (Å²) in [6.45, 7) is 0.526. The third-order valence-electron chi connectivity index (χ3n) is 4.46. The maximum absolute atomic E-state index is 12.0. The molecule has 0 aliphatic carbocycles. The van der Waals surface area contributed by atoms with Gasteiger partial charge in [-0.2, -0.15) is 0 Å². The van der Waals surface area contributed by atoms with Gasteiger partial charge in [0.25, 0.3) is 0 Å². The molecule has 0 radical (unpaired) electrons. The molecule has 0 spiro atoms. The Labute approximate surface area is 142 Å². The van der Waals surface area contributed by atoms with Crippen molar-refractivity contribution in [3.63, 3.8) is 0 Å². The quantitative estimate of drug-likeness (QED) is 0.920. The second-order valence-electron chi connectivity index (χ2n) is 6.18. The molecule has 0 saturated heterocycles. The van der Waals surface area contributed by atoms with Gasteiger partial charge in [-0.1, -0.05) is 42.5 Å². The van der Waals surface area contributed by atoms with E-state index in [1.54, 1.807) is 4.90 Å². The first-order valence-corrected chi connectivity index (χ1v) is 8.32. The molecule has 0 aromatic heterocycles. The molecule has 0 unspecified atom stereocenters. The number of carbonyl (C=O) groups is 2. The number of nitrogens with zero attached hydrogens (tertiary/aromatic N) is 1. The number of aryl methyl sites for hydroxylation is 2. The number of nitrogens with one attached hydrogen (secondary N) is 1. The fraction of sp³-hybridized carbons (Fsp3) is 0.300. The lowest BCUT2D eigenvalue weighted by Gasteiger charge is -2.26. The Morgan fingerprint density at radius 1 is 1.08 bits per heavy atom. The summed E-state index contributed by atoms with van der Waals surface area (Å²) in [7, 11) is 1.81. The SMILES string of the molecule is CN1C(=O)CCc2cc(CNC(=O)CCc3ccccc3)ccc21. The van der Waals surface area contributed by atoms with E-state index in [9.17, 15) is 9.59 Å². The highest BCUT2D eigenvalue weighted by Gasteiger charge is 2.20. The zero-order valence-electron chi connectivity index (χ0n) is 13.9. The summed E-state index contributed by atoms with van der Waals surface area (Å²) >= 11 is 0. The van der Waals surface area contributed by atoms with E-state index in [2.05, 4.69) is 11.4 Å². The minimum absolute atomic E-state index is 0.0591. The molecular weight excluding hydrogens is 300 g/mol. The molecule has 0 saturated carbocycles. The van der Waals surface area contributed by atoms with Crippen LogP contribution in [0, 0.1) is 0 Å². The Morgan fingerprint density at radius 2 is 1.88 bits per heavy atom. The number of amides is 2. The first-order chi connectivity index (χ1) is 11.6. The standard InChI is InChI=1S/C20H22N2O2/c1-22-18-10-7-16(13-17(18)9-12-20(22)24)14-21-19(23)11-8-15-5-3-2-4-6-15/h2-7,10,13H,8-9,11-12,14H2,1H3,(H,21,23). The van der Waals surface area contributed by atoms with E-state index in [0.29, 0.717) is 19.4 Å². The average molecular weight is 322 g/mol. The minimum atomic E-state index is 0.0591. The van der Waals surface area contributed by atoms with Crippen molar-refractivity contribution < 1.29 is 9.59 Å². The van der Waals surface area contributed by atoms with E-state index in [4.69, 9.17) is 0 Å². The van der Waals surface area contributed by atoms with E-state index in [-0.39, 0.29) is 11.8 Å². The summed E-state index contributed by atoms with van der Waals surface area (Å²) in [4.78, 5) is 25.4. The molecule has 0 atom stereocenters. The highest BCUT2D eigenvalue weighted by atomic mass is 16.2. The first-order valence-electron chi connectivity index (χ1n) is 8.32. The van der Waals surface area contributed by atoms with E-state index >= 15 is 0 Å². The van der Waals surface area contributed by atoms with Gasteiger partial charge in [0.2, 0.25) is 11.8 Å². The molecule has 1 heterocycles. The topological polar surface area (TPSA) is 49.4 Å². The van der Waals surface area contributed by atoms with E-state index in [1.807, 2.05) is 49.5 Å². The number of carbonyl (C=O) groups excluding carboxylic acids is 2. The van der Waals surface area contributed by atoms with Crippen molar-refractivity contribution in [3.05, 3.63) is 65.2 Å². The summed E-state index contributed by atoms with van der Waals surface area (Å²) < 4.78 is 0. The Morgan fingerprint density at radius 3 is 2.67 bits per heavy atom. The predicted molar refractivity (Wildman–Crippen MR) is 94.8 cm³/mol. The lowest BCUT2D eigenvalue weighted by molar-refractivity contribution is -0.121. The zero-order chi connectivity index (χ0) is 16.9. The Bertz CT molecular complexity index is 741.